The van der Waals surface area contributed by atoms with E-state index in [1.807, 2.05) is 24.3 Å². The van der Waals surface area contributed by atoms with Gasteiger partial charge in [-0.1, -0.05) is 32.0 Å². The van der Waals surface area contributed by atoms with E-state index in [1.165, 1.54) is 16.7 Å². The molecule has 2 aliphatic heterocycles. The van der Waals surface area contributed by atoms with Crippen LogP contribution in [0.3, 0.4) is 0 Å². The number of carboxylic acids is 1. The number of aliphatic imine (C=N–C) groups is 1. The highest BCUT2D eigenvalue weighted by molar-refractivity contribution is 5.97. The predicted octanol–water partition coefficient (Wildman–Crippen LogP) is -1.35. The first-order chi connectivity index (χ1) is 25.6. The molecule has 54 heavy (non-hydrogen) atoms. The van der Waals surface area contributed by atoms with Gasteiger partial charge in [-0.3, -0.25) is 29.0 Å². The lowest BCUT2D eigenvalue weighted by Gasteiger charge is -2.33. The van der Waals surface area contributed by atoms with E-state index in [0.29, 0.717) is 57.2 Å². The number of rotatable bonds is 17. The van der Waals surface area contributed by atoms with Gasteiger partial charge in [-0.15, -0.1) is 0 Å². The van der Waals surface area contributed by atoms with Crippen LogP contribution in [0.25, 0.3) is 10.9 Å². The number of aliphatic hydroxyl groups is 1. The molecule has 2 fully saturated rings. The molecular weight excluding hydrogens is 700 g/mol. The zero-order valence-corrected chi connectivity index (χ0v) is 31.0. The van der Waals surface area contributed by atoms with Gasteiger partial charge in [0, 0.05) is 43.2 Å². The van der Waals surface area contributed by atoms with Gasteiger partial charge in [-0.05, 0) is 63.0 Å². The summed E-state index contributed by atoms with van der Waals surface area (Å²) in [6, 6.07) is 0.823. The average Bonchev–Trinajstić information content (AvgIpc) is 3.90. The van der Waals surface area contributed by atoms with Crippen molar-refractivity contribution >= 4 is 52.4 Å². The van der Waals surface area contributed by atoms with E-state index in [9.17, 15) is 39.0 Å². The molecule has 18 nitrogen and oxygen atoms in total. The average molecular weight is 755 g/mol. The minimum Gasteiger partial charge on any atom is -0.480 e. The number of carboxylic acid groups (broad SMARTS) is 1. The third kappa shape index (κ3) is 10.2. The number of nitrogens with zero attached hydrogens (tertiary/aromatic N) is 3. The van der Waals surface area contributed by atoms with Gasteiger partial charge >= 0.3 is 5.97 Å². The standard InChI is InChI=1S/C36H54N10O8/c1-19(2)28(32(50)44-29(20(3)47)35(53)54)43-30(48)25(17-21-18-41-24-11-5-4-9-22(21)24)42-31(49)26-12-7-15-45(26)34(52)27-13-8-16-46(27)33(51)23(37)10-6-14-40-36(38)39/h4-5,9,11,18-20,23,25-29,41,47H,6-8,10,12-17,37H2,1-3H3,(H,42,49)(H,43,48)(H,44,50)(H,53,54)(H4,38,39,40)/t20-,23+,25+,26+,27+,28+,29+/m1/s1. The third-order valence-corrected chi connectivity index (χ3v) is 9.97. The SMILES string of the molecule is CC(C)[C@H](NC(=O)[C@H](Cc1c[nH]c2ccccc12)NC(=O)[C@@H]1CCCN1C(=O)[C@@H]1CCCN1C(=O)[C@@H](N)CCCN=C(N)N)C(=O)N[C@H](C(=O)O)[C@@H](C)O. The fraction of sp³-hybridized carbons (Fsp3) is 0.583. The minimum absolute atomic E-state index is 0.0199. The molecule has 2 aliphatic rings. The van der Waals surface area contributed by atoms with Gasteiger partial charge in [-0.25, -0.2) is 4.79 Å². The molecular formula is C36H54N10O8. The number of likely N-dealkylation sites (tertiary alicyclic amines) is 2. The molecule has 18 heteroatoms. The van der Waals surface area contributed by atoms with Gasteiger partial charge in [0.1, 0.15) is 24.2 Å². The highest BCUT2D eigenvalue weighted by atomic mass is 16.4. The number of guanidine groups is 1. The van der Waals surface area contributed by atoms with Crippen LogP contribution in [-0.2, 0) is 35.2 Å². The number of benzene rings is 1. The monoisotopic (exact) mass is 754 g/mol. The van der Waals surface area contributed by atoms with Crippen molar-refractivity contribution in [2.24, 2.45) is 28.1 Å². The van der Waals surface area contributed by atoms with Crippen molar-refractivity contribution in [2.75, 3.05) is 19.6 Å². The van der Waals surface area contributed by atoms with E-state index >= 15 is 0 Å². The molecule has 0 aliphatic carbocycles. The molecule has 0 unspecified atom stereocenters. The fourth-order valence-electron chi connectivity index (χ4n) is 7.06. The van der Waals surface area contributed by atoms with E-state index in [4.69, 9.17) is 17.2 Å². The van der Waals surface area contributed by atoms with Crippen LogP contribution in [-0.4, -0.2) is 128 Å². The molecule has 2 saturated heterocycles. The number of H-pyrrole nitrogens is 1. The number of carbonyl (C=O) groups is 6. The second-order valence-corrected chi connectivity index (χ2v) is 14.4. The lowest BCUT2D eigenvalue weighted by Crippen LogP contribution is -2.60. The van der Waals surface area contributed by atoms with Crippen molar-refractivity contribution < 1.29 is 39.0 Å². The zero-order valence-electron chi connectivity index (χ0n) is 31.0. The van der Waals surface area contributed by atoms with Gasteiger partial charge in [0.25, 0.3) is 0 Å². The number of hydrogen-bond acceptors (Lipinski definition) is 9. The predicted molar refractivity (Wildman–Crippen MR) is 199 cm³/mol. The summed E-state index contributed by atoms with van der Waals surface area (Å²) in [7, 11) is 0. The molecule has 2 aromatic rings. The number of nitrogens with one attached hydrogen (secondary N) is 4. The molecule has 0 spiro atoms. The summed E-state index contributed by atoms with van der Waals surface area (Å²) in [4.78, 5) is 90.4. The topological polar surface area (TPSA) is 292 Å². The maximum Gasteiger partial charge on any atom is 0.328 e. The van der Waals surface area contributed by atoms with Crippen molar-refractivity contribution in [1.82, 2.24) is 30.7 Å². The number of aromatic amines is 1. The Morgan fingerprint density at radius 1 is 0.926 bits per heavy atom. The summed E-state index contributed by atoms with van der Waals surface area (Å²) in [5, 5.41) is 28.0. The van der Waals surface area contributed by atoms with E-state index < -0.39 is 72.0 Å². The first-order valence-electron chi connectivity index (χ1n) is 18.4. The Hall–Kier alpha value is -5.23. The number of para-hydroxylation sites is 1. The maximum atomic E-state index is 14.1. The molecule has 0 saturated carbocycles. The van der Waals surface area contributed by atoms with Crippen molar-refractivity contribution in [3.8, 4) is 0 Å². The Morgan fingerprint density at radius 3 is 2.22 bits per heavy atom. The largest absolute Gasteiger partial charge is 0.480 e. The van der Waals surface area contributed by atoms with Crippen LogP contribution in [0.4, 0.5) is 0 Å². The van der Waals surface area contributed by atoms with Crippen LogP contribution in [0.2, 0.25) is 0 Å². The van der Waals surface area contributed by atoms with Crippen molar-refractivity contribution in [2.45, 2.75) is 108 Å². The van der Waals surface area contributed by atoms with Crippen LogP contribution in [0.15, 0.2) is 35.5 Å². The lowest BCUT2D eigenvalue weighted by molar-refractivity contribution is -0.147. The normalized spacial score (nSPS) is 19.8. The van der Waals surface area contributed by atoms with Crippen molar-refractivity contribution in [3.63, 3.8) is 0 Å². The van der Waals surface area contributed by atoms with Crippen molar-refractivity contribution in [3.05, 3.63) is 36.0 Å². The first kappa shape index (κ1) is 41.5. The van der Waals surface area contributed by atoms with Crippen LogP contribution in [0.1, 0.15) is 64.9 Å². The number of aliphatic carboxylic acids is 1. The number of aromatic nitrogens is 1. The molecule has 296 valence electrons. The quantitative estimate of drug-likeness (QED) is 0.0517. The molecule has 4 rings (SSSR count). The first-order valence-corrected chi connectivity index (χ1v) is 18.4. The number of nitrogens with two attached hydrogens (primary N) is 3. The number of amides is 5. The summed E-state index contributed by atoms with van der Waals surface area (Å²) in [6.07, 6.45) is 3.00. The van der Waals surface area contributed by atoms with Crippen LogP contribution < -0.4 is 33.2 Å². The van der Waals surface area contributed by atoms with Gasteiger partial charge in [0.15, 0.2) is 12.0 Å². The Balaban J connectivity index is 1.52. The van der Waals surface area contributed by atoms with Crippen molar-refractivity contribution in [1.29, 1.82) is 0 Å². The van der Waals surface area contributed by atoms with E-state index in [2.05, 4.69) is 25.9 Å². The van der Waals surface area contributed by atoms with Gasteiger partial charge in [-0.2, -0.15) is 0 Å². The highest BCUT2D eigenvalue weighted by Crippen LogP contribution is 2.26. The Labute approximate surface area is 313 Å². The molecule has 1 aromatic carbocycles. The second kappa shape index (κ2) is 18.7. The molecule has 0 radical (unpaired) electrons. The minimum atomic E-state index is -1.61. The Kier molecular flexibility index (Phi) is 14.4. The smallest absolute Gasteiger partial charge is 0.328 e. The zero-order chi connectivity index (χ0) is 39.7. The number of carbonyl (C=O) groups excluding carboxylic acids is 5. The van der Waals surface area contributed by atoms with Crippen LogP contribution in [0.5, 0.6) is 0 Å². The summed E-state index contributed by atoms with van der Waals surface area (Å²) in [6.45, 7) is 5.49. The van der Waals surface area contributed by atoms with Crippen LogP contribution >= 0.6 is 0 Å². The molecule has 7 atom stereocenters. The van der Waals surface area contributed by atoms with Gasteiger partial charge in [0.05, 0.1) is 12.1 Å². The Bertz CT molecular complexity index is 1710. The van der Waals surface area contributed by atoms with E-state index in [-0.39, 0.29) is 30.7 Å². The second-order valence-electron chi connectivity index (χ2n) is 14.4. The molecule has 5 amide bonds. The van der Waals surface area contributed by atoms with Gasteiger partial charge in [0.2, 0.25) is 29.5 Å². The molecule has 3 heterocycles. The fourth-order valence-corrected chi connectivity index (χ4v) is 7.06. The van der Waals surface area contributed by atoms with E-state index in [1.54, 1.807) is 20.0 Å². The summed E-state index contributed by atoms with van der Waals surface area (Å²) in [5.74, 6) is -4.83. The molecule has 1 aromatic heterocycles. The lowest BCUT2D eigenvalue weighted by atomic mass is 9.99. The number of fused-ring (bicyclic) bond motifs is 1. The summed E-state index contributed by atoms with van der Waals surface area (Å²) < 4.78 is 0. The maximum absolute atomic E-state index is 14.1. The van der Waals surface area contributed by atoms with Crippen LogP contribution in [0, 0.1) is 5.92 Å². The Morgan fingerprint density at radius 2 is 1.57 bits per heavy atom. The van der Waals surface area contributed by atoms with E-state index in [0.717, 1.165) is 10.9 Å². The van der Waals surface area contributed by atoms with Gasteiger partial charge < -0.3 is 58.1 Å². The molecule has 12 N–H and O–H groups in total. The number of aliphatic hydroxyl groups excluding tert-OH is 1. The summed E-state index contributed by atoms with van der Waals surface area (Å²) in [5.41, 5.74) is 18.5. The number of hydrogen-bond donors (Lipinski definition) is 9. The molecule has 0 bridgehead atoms. The third-order valence-electron chi connectivity index (χ3n) is 9.97. The summed E-state index contributed by atoms with van der Waals surface area (Å²) >= 11 is 0. The highest BCUT2D eigenvalue weighted by Gasteiger charge is 2.43.